The van der Waals surface area contributed by atoms with E-state index in [1.54, 1.807) is 7.11 Å². The van der Waals surface area contributed by atoms with E-state index in [4.69, 9.17) is 9.84 Å². The van der Waals surface area contributed by atoms with E-state index in [0.717, 1.165) is 18.0 Å². The molecule has 1 unspecified atom stereocenters. The maximum absolute atomic E-state index is 10.7. The number of methoxy groups -OCH3 is 1. The van der Waals surface area contributed by atoms with Crippen molar-refractivity contribution in [2.24, 2.45) is 0 Å². The summed E-state index contributed by atoms with van der Waals surface area (Å²) in [7, 11) is 1.65. The first-order valence-electron chi connectivity index (χ1n) is 5.92. The molecule has 0 saturated heterocycles. The normalized spacial score (nSPS) is 18.3. The van der Waals surface area contributed by atoms with Crippen LogP contribution in [0.5, 0.6) is 5.75 Å². The van der Waals surface area contributed by atoms with Crippen molar-refractivity contribution in [1.29, 1.82) is 0 Å². The number of para-hydroxylation sites is 1. The lowest BCUT2D eigenvalue weighted by Gasteiger charge is -2.35. The predicted octanol–water partition coefficient (Wildman–Crippen LogP) is 2.47. The van der Waals surface area contributed by atoms with E-state index < -0.39 is 5.97 Å². The van der Waals surface area contributed by atoms with Crippen LogP contribution in [-0.2, 0) is 4.79 Å². The number of thioether (sulfide) groups is 1. The Balaban J connectivity index is 2.30. The molecule has 0 saturated carbocycles. The lowest BCUT2D eigenvalue weighted by Crippen LogP contribution is -2.35. The van der Waals surface area contributed by atoms with Crippen molar-refractivity contribution < 1.29 is 14.6 Å². The topological polar surface area (TPSA) is 49.8 Å². The third-order valence-electron chi connectivity index (χ3n) is 2.90. The first-order valence-corrected chi connectivity index (χ1v) is 6.80. The minimum absolute atomic E-state index is 0.148. The molecule has 4 nitrogen and oxygen atoms in total. The number of carboxylic acids is 1. The minimum Gasteiger partial charge on any atom is -0.495 e. The summed E-state index contributed by atoms with van der Waals surface area (Å²) >= 11 is 1.81. The molecule has 1 aromatic carbocycles. The average Bonchev–Trinajstić information content (AvgIpc) is 2.34. The molecule has 1 heterocycles. The van der Waals surface area contributed by atoms with Crippen molar-refractivity contribution in [3.05, 3.63) is 18.2 Å². The second-order valence-electron chi connectivity index (χ2n) is 4.33. The molecule has 0 fully saturated rings. The lowest BCUT2D eigenvalue weighted by atomic mass is 10.2. The van der Waals surface area contributed by atoms with Crippen molar-refractivity contribution in [3.8, 4) is 5.75 Å². The maximum atomic E-state index is 10.7. The molecule has 0 spiro atoms. The van der Waals surface area contributed by atoms with Crippen LogP contribution in [0.1, 0.15) is 13.3 Å². The smallest absolute Gasteiger partial charge is 0.305 e. The van der Waals surface area contributed by atoms with Gasteiger partial charge in [-0.25, -0.2) is 0 Å². The molecule has 1 aromatic rings. The second kappa shape index (κ2) is 5.52. The van der Waals surface area contributed by atoms with Gasteiger partial charge in [0.25, 0.3) is 0 Å². The van der Waals surface area contributed by atoms with E-state index in [9.17, 15) is 4.79 Å². The quantitative estimate of drug-likeness (QED) is 0.908. The molecule has 1 aliphatic heterocycles. The summed E-state index contributed by atoms with van der Waals surface area (Å²) in [5.74, 6) is 0.0506. The summed E-state index contributed by atoms with van der Waals surface area (Å²) in [5.41, 5.74) is 1.03. The van der Waals surface area contributed by atoms with Gasteiger partial charge in [-0.05, 0) is 12.1 Å². The van der Waals surface area contributed by atoms with Crippen molar-refractivity contribution >= 4 is 23.4 Å². The zero-order valence-electron chi connectivity index (χ0n) is 10.5. The summed E-state index contributed by atoms with van der Waals surface area (Å²) < 4.78 is 5.38. The minimum atomic E-state index is -0.766. The third kappa shape index (κ3) is 2.72. The van der Waals surface area contributed by atoms with Gasteiger partial charge in [0.05, 0.1) is 19.2 Å². The van der Waals surface area contributed by atoms with Gasteiger partial charge in [0.2, 0.25) is 0 Å². The number of carbonyl (C=O) groups is 1. The zero-order chi connectivity index (χ0) is 13.1. The number of aliphatic carboxylic acids is 1. The van der Waals surface area contributed by atoms with Crippen LogP contribution < -0.4 is 9.64 Å². The Bertz CT molecular complexity index is 450. The van der Waals surface area contributed by atoms with Gasteiger partial charge in [0, 0.05) is 23.2 Å². The number of hydrogen-bond donors (Lipinski definition) is 1. The molecule has 5 heteroatoms. The Morgan fingerprint density at radius 1 is 1.61 bits per heavy atom. The van der Waals surface area contributed by atoms with Gasteiger partial charge in [-0.15, -0.1) is 11.8 Å². The highest BCUT2D eigenvalue weighted by atomic mass is 32.2. The van der Waals surface area contributed by atoms with Crippen molar-refractivity contribution in [2.75, 3.05) is 25.1 Å². The fourth-order valence-electron chi connectivity index (χ4n) is 2.16. The van der Waals surface area contributed by atoms with Crippen LogP contribution in [0.25, 0.3) is 0 Å². The molecule has 1 atom stereocenters. The van der Waals surface area contributed by atoms with Crippen molar-refractivity contribution in [1.82, 2.24) is 0 Å². The van der Waals surface area contributed by atoms with E-state index >= 15 is 0 Å². The first-order chi connectivity index (χ1) is 8.61. The molecule has 98 valence electrons. The Kier molecular flexibility index (Phi) is 4.01. The molecule has 0 aromatic heterocycles. The maximum Gasteiger partial charge on any atom is 0.305 e. The van der Waals surface area contributed by atoms with Crippen molar-refractivity contribution in [3.63, 3.8) is 0 Å². The number of nitrogens with zero attached hydrogens (tertiary/aromatic N) is 1. The fraction of sp³-hybridized carbons (Fsp3) is 0.462. The van der Waals surface area contributed by atoms with Crippen LogP contribution in [0.2, 0.25) is 0 Å². The van der Waals surface area contributed by atoms with Crippen LogP contribution in [0.3, 0.4) is 0 Å². The highest BCUT2D eigenvalue weighted by molar-refractivity contribution is 8.00. The molecular formula is C13H17NO3S. The highest BCUT2D eigenvalue weighted by Gasteiger charge is 2.25. The number of ether oxygens (including phenoxy) is 1. The van der Waals surface area contributed by atoms with E-state index in [1.165, 1.54) is 4.90 Å². The first kappa shape index (κ1) is 13.1. The Hall–Kier alpha value is -1.36. The average molecular weight is 267 g/mol. The summed E-state index contributed by atoms with van der Waals surface area (Å²) in [6, 6.07) is 5.95. The Labute approximate surface area is 111 Å². The van der Waals surface area contributed by atoms with E-state index in [2.05, 4.69) is 17.9 Å². The van der Waals surface area contributed by atoms with E-state index in [0.29, 0.717) is 11.8 Å². The summed E-state index contributed by atoms with van der Waals surface area (Å²) in [4.78, 5) is 14.0. The molecule has 0 radical (unpaired) electrons. The van der Waals surface area contributed by atoms with Gasteiger partial charge < -0.3 is 14.7 Å². The zero-order valence-corrected chi connectivity index (χ0v) is 11.4. The fourth-order valence-corrected chi connectivity index (χ4v) is 3.35. The van der Waals surface area contributed by atoms with Gasteiger partial charge in [0.1, 0.15) is 5.75 Å². The molecule has 1 aliphatic rings. The molecule has 0 amide bonds. The third-order valence-corrected chi connectivity index (χ3v) is 4.03. The van der Waals surface area contributed by atoms with Crippen molar-refractivity contribution in [2.45, 2.75) is 23.5 Å². The van der Waals surface area contributed by atoms with Gasteiger partial charge in [-0.2, -0.15) is 0 Å². The van der Waals surface area contributed by atoms with Crippen LogP contribution in [-0.4, -0.2) is 36.5 Å². The summed E-state index contributed by atoms with van der Waals surface area (Å²) in [6.07, 6.45) is 0.148. The molecule has 0 aliphatic carbocycles. The summed E-state index contributed by atoms with van der Waals surface area (Å²) in [5, 5.41) is 9.28. The molecule has 1 N–H and O–H groups in total. The largest absolute Gasteiger partial charge is 0.495 e. The number of carboxylic acid groups (broad SMARTS) is 1. The number of hydrogen-bond acceptors (Lipinski definition) is 4. The van der Waals surface area contributed by atoms with Gasteiger partial charge >= 0.3 is 5.97 Å². The Morgan fingerprint density at radius 2 is 2.39 bits per heavy atom. The number of benzene rings is 1. The molecular weight excluding hydrogens is 250 g/mol. The highest BCUT2D eigenvalue weighted by Crippen LogP contribution is 2.43. The summed E-state index contributed by atoms with van der Waals surface area (Å²) in [6.45, 7) is 3.53. The molecule has 18 heavy (non-hydrogen) atoms. The van der Waals surface area contributed by atoms with Crippen LogP contribution in [0.4, 0.5) is 5.69 Å². The number of rotatable bonds is 4. The van der Waals surface area contributed by atoms with Crippen LogP contribution in [0, 0.1) is 0 Å². The van der Waals surface area contributed by atoms with E-state index in [-0.39, 0.29) is 6.42 Å². The van der Waals surface area contributed by atoms with Gasteiger partial charge in [-0.3, -0.25) is 4.79 Å². The van der Waals surface area contributed by atoms with Crippen LogP contribution in [0.15, 0.2) is 23.1 Å². The van der Waals surface area contributed by atoms with Gasteiger partial charge in [-0.1, -0.05) is 13.0 Å². The van der Waals surface area contributed by atoms with Crippen LogP contribution >= 0.6 is 11.8 Å². The Morgan fingerprint density at radius 3 is 3.06 bits per heavy atom. The number of fused-ring (bicyclic) bond motifs is 1. The lowest BCUT2D eigenvalue weighted by molar-refractivity contribution is -0.136. The van der Waals surface area contributed by atoms with E-state index in [1.807, 2.05) is 23.9 Å². The standard InChI is InChI=1S/C13H17NO3S/c1-9-8-14(7-6-12(15)16)13-10(17-2)4-3-5-11(13)18-9/h3-5,9H,6-8H2,1-2H3,(H,15,16). The number of anilines is 1. The second-order valence-corrected chi connectivity index (χ2v) is 5.81. The predicted molar refractivity (Wildman–Crippen MR) is 72.8 cm³/mol. The van der Waals surface area contributed by atoms with Gasteiger partial charge in [0.15, 0.2) is 0 Å². The molecule has 0 bridgehead atoms. The monoisotopic (exact) mass is 267 g/mol. The molecule has 2 rings (SSSR count). The SMILES string of the molecule is COc1cccc2c1N(CCC(=O)O)CC(C)S2.